The van der Waals surface area contributed by atoms with Gasteiger partial charge in [0.25, 0.3) is 0 Å². The van der Waals surface area contributed by atoms with Crippen molar-refractivity contribution >= 4 is 22.8 Å². The summed E-state index contributed by atoms with van der Waals surface area (Å²) in [5.74, 6) is 1.59. The summed E-state index contributed by atoms with van der Waals surface area (Å²) in [4.78, 5) is 10.8. The van der Waals surface area contributed by atoms with Crippen molar-refractivity contribution in [1.29, 1.82) is 0 Å². The van der Waals surface area contributed by atoms with Crippen LogP contribution in [0.4, 0.5) is 5.82 Å². The molecule has 0 saturated heterocycles. The fourth-order valence-electron chi connectivity index (χ4n) is 1.51. The van der Waals surface area contributed by atoms with Crippen LogP contribution in [-0.2, 0) is 0 Å². The van der Waals surface area contributed by atoms with Crippen LogP contribution in [0.1, 0.15) is 19.7 Å². The number of anilines is 1. The van der Waals surface area contributed by atoms with E-state index in [4.69, 9.17) is 0 Å². The van der Waals surface area contributed by atoms with E-state index >= 15 is 0 Å². The molecule has 0 aliphatic heterocycles. The fourth-order valence-corrected chi connectivity index (χ4v) is 1.51. The molecular weight excluding hydrogens is 210 g/mol. The van der Waals surface area contributed by atoms with Crippen molar-refractivity contribution in [1.82, 2.24) is 9.97 Å². The van der Waals surface area contributed by atoms with Gasteiger partial charge in [0.2, 0.25) is 0 Å². The highest BCUT2D eigenvalue weighted by Gasteiger charge is 2.06. The van der Waals surface area contributed by atoms with Gasteiger partial charge in [-0.05, 0) is 18.2 Å². The molecule has 0 amide bonds. The second-order valence-corrected chi connectivity index (χ2v) is 3.52. The molecule has 90 valence electrons. The highest BCUT2D eigenvalue weighted by atomic mass is 15.1. The first-order chi connectivity index (χ1) is 8.22. The molecule has 1 aromatic heterocycles. The Morgan fingerprint density at radius 2 is 1.76 bits per heavy atom. The molecule has 2 aromatic rings. The lowest BCUT2D eigenvalue weighted by molar-refractivity contribution is 1.05. The summed E-state index contributed by atoms with van der Waals surface area (Å²) in [7, 11) is 3.95. The Morgan fingerprint density at radius 3 is 2.35 bits per heavy atom. The first-order valence-corrected chi connectivity index (χ1v) is 5.79. The second-order valence-electron chi connectivity index (χ2n) is 3.52. The molecule has 0 unspecified atom stereocenters. The molecular formula is C14H19N3. The maximum Gasteiger partial charge on any atom is 0.154 e. The van der Waals surface area contributed by atoms with Crippen molar-refractivity contribution in [3.8, 4) is 0 Å². The molecule has 2 rings (SSSR count). The van der Waals surface area contributed by atoms with Crippen molar-refractivity contribution in [2.75, 3.05) is 19.0 Å². The SMILES string of the molecule is C=Cc1nc(N(C)C)c2ccccc2n1.CC. The van der Waals surface area contributed by atoms with Crippen LogP contribution in [0.15, 0.2) is 30.8 Å². The van der Waals surface area contributed by atoms with Crippen molar-refractivity contribution in [3.63, 3.8) is 0 Å². The Hall–Kier alpha value is -1.90. The Morgan fingerprint density at radius 1 is 1.12 bits per heavy atom. The highest BCUT2D eigenvalue weighted by Crippen LogP contribution is 2.22. The Labute approximate surface area is 103 Å². The van der Waals surface area contributed by atoms with E-state index < -0.39 is 0 Å². The molecule has 0 atom stereocenters. The Balaban J connectivity index is 0.000000686. The molecule has 0 spiro atoms. The number of fused-ring (bicyclic) bond motifs is 1. The van der Waals surface area contributed by atoms with Crippen LogP contribution in [-0.4, -0.2) is 24.1 Å². The van der Waals surface area contributed by atoms with Crippen LogP contribution in [0.25, 0.3) is 17.0 Å². The number of rotatable bonds is 2. The number of hydrogen-bond acceptors (Lipinski definition) is 3. The van der Waals surface area contributed by atoms with Gasteiger partial charge in [0.05, 0.1) is 5.52 Å². The predicted molar refractivity (Wildman–Crippen MR) is 75.3 cm³/mol. The van der Waals surface area contributed by atoms with E-state index in [1.807, 2.05) is 57.1 Å². The quantitative estimate of drug-likeness (QED) is 0.790. The average molecular weight is 229 g/mol. The van der Waals surface area contributed by atoms with Crippen LogP contribution in [0, 0.1) is 0 Å². The molecule has 3 nitrogen and oxygen atoms in total. The second kappa shape index (κ2) is 5.99. The molecule has 1 heterocycles. The molecule has 1 aromatic carbocycles. The minimum Gasteiger partial charge on any atom is -0.362 e. The largest absolute Gasteiger partial charge is 0.362 e. The van der Waals surface area contributed by atoms with Crippen LogP contribution in [0.5, 0.6) is 0 Å². The van der Waals surface area contributed by atoms with Crippen molar-refractivity contribution in [2.24, 2.45) is 0 Å². The van der Waals surface area contributed by atoms with Gasteiger partial charge in [0.15, 0.2) is 5.82 Å². The number of para-hydroxylation sites is 1. The predicted octanol–water partition coefficient (Wildman–Crippen LogP) is 3.37. The maximum atomic E-state index is 4.42. The summed E-state index contributed by atoms with van der Waals surface area (Å²) in [5, 5.41) is 1.06. The van der Waals surface area contributed by atoms with Crippen LogP contribution < -0.4 is 4.90 Å². The molecule has 0 saturated carbocycles. The summed E-state index contributed by atoms with van der Waals surface area (Å²) in [6, 6.07) is 7.97. The topological polar surface area (TPSA) is 29.0 Å². The molecule has 0 fully saturated rings. The van der Waals surface area contributed by atoms with Crippen molar-refractivity contribution in [2.45, 2.75) is 13.8 Å². The smallest absolute Gasteiger partial charge is 0.154 e. The van der Waals surface area contributed by atoms with Crippen LogP contribution in [0.2, 0.25) is 0 Å². The summed E-state index contributed by atoms with van der Waals surface area (Å²) < 4.78 is 0. The zero-order valence-electron chi connectivity index (χ0n) is 10.9. The van der Waals surface area contributed by atoms with E-state index in [9.17, 15) is 0 Å². The molecule has 0 aliphatic carbocycles. The first-order valence-electron chi connectivity index (χ1n) is 5.79. The lowest BCUT2D eigenvalue weighted by atomic mass is 10.2. The third kappa shape index (κ3) is 2.81. The van der Waals surface area contributed by atoms with E-state index in [-0.39, 0.29) is 0 Å². The number of benzene rings is 1. The molecule has 0 aliphatic rings. The summed E-state index contributed by atoms with van der Waals surface area (Å²) in [6.45, 7) is 7.69. The minimum absolute atomic E-state index is 0.664. The zero-order chi connectivity index (χ0) is 12.8. The lowest BCUT2D eigenvalue weighted by Gasteiger charge is -2.14. The van der Waals surface area contributed by atoms with E-state index in [1.54, 1.807) is 6.08 Å². The zero-order valence-corrected chi connectivity index (χ0v) is 10.9. The lowest BCUT2D eigenvalue weighted by Crippen LogP contribution is -2.12. The minimum atomic E-state index is 0.664. The molecule has 0 radical (unpaired) electrons. The normalized spacial score (nSPS) is 9.41. The van der Waals surface area contributed by atoms with E-state index in [1.165, 1.54) is 0 Å². The van der Waals surface area contributed by atoms with Gasteiger partial charge in [-0.2, -0.15) is 0 Å². The molecule has 3 heteroatoms. The maximum absolute atomic E-state index is 4.42. The number of hydrogen-bond donors (Lipinski definition) is 0. The third-order valence-electron chi connectivity index (χ3n) is 2.21. The first kappa shape index (κ1) is 13.2. The van der Waals surface area contributed by atoms with Gasteiger partial charge in [-0.25, -0.2) is 9.97 Å². The van der Waals surface area contributed by atoms with E-state index in [2.05, 4.69) is 16.5 Å². The van der Waals surface area contributed by atoms with Gasteiger partial charge in [-0.15, -0.1) is 0 Å². The summed E-state index contributed by atoms with van der Waals surface area (Å²) in [6.07, 6.45) is 1.67. The van der Waals surface area contributed by atoms with Gasteiger partial charge in [0.1, 0.15) is 5.82 Å². The van der Waals surface area contributed by atoms with E-state index in [0.717, 1.165) is 16.7 Å². The number of aromatic nitrogens is 2. The monoisotopic (exact) mass is 229 g/mol. The van der Waals surface area contributed by atoms with E-state index in [0.29, 0.717) is 5.82 Å². The molecule has 17 heavy (non-hydrogen) atoms. The van der Waals surface area contributed by atoms with Gasteiger partial charge in [-0.1, -0.05) is 32.6 Å². The van der Waals surface area contributed by atoms with Crippen molar-refractivity contribution in [3.05, 3.63) is 36.7 Å². The summed E-state index contributed by atoms with van der Waals surface area (Å²) >= 11 is 0. The standard InChI is InChI=1S/C12H13N3.C2H6/c1-4-11-13-10-8-6-5-7-9(10)12(14-11)15(2)3;1-2/h4-8H,1H2,2-3H3;1-2H3. The highest BCUT2D eigenvalue weighted by molar-refractivity contribution is 5.89. The van der Waals surface area contributed by atoms with Gasteiger partial charge in [0, 0.05) is 19.5 Å². The Bertz CT molecular complexity index is 504. The van der Waals surface area contributed by atoms with Crippen LogP contribution >= 0.6 is 0 Å². The molecule has 0 bridgehead atoms. The van der Waals surface area contributed by atoms with Gasteiger partial charge in [-0.3, -0.25) is 0 Å². The van der Waals surface area contributed by atoms with Gasteiger partial charge < -0.3 is 4.90 Å². The third-order valence-corrected chi connectivity index (χ3v) is 2.21. The van der Waals surface area contributed by atoms with Gasteiger partial charge >= 0.3 is 0 Å². The fraction of sp³-hybridized carbons (Fsp3) is 0.286. The van der Waals surface area contributed by atoms with Crippen LogP contribution in [0.3, 0.4) is 0 Å². The summed E-state index contributed by atoms with van der Waals surface area (Å²) in [5.41, 5.74) is 0.950. The average Bonchev–Trinajstić information content (AvgIpc) is 2.39. The Kier molecular flexibility index (Phi) is 4.64. The van der Waals surface area contributed by atoms with Crippen molar-refractivity contribution < 1.29 is 0 Å². The number of nitrogens with zero attached hydrogens (tertiary/aromatic N) is 3. The molecule has 0 N–H and O–H groups in total.